The predicted molar refractivity (Wildman–Crippen MR) is 141 cm³/mol. The molecule has 2 atom stereocenters. The monoisotopic (exact) mass is 499 g/mol. The van der Waals surface area contributed by atoms with Crippen LogP contribution in [0.25, 0.3) is 10.9 Å². The summed E-state index contributed by atoms with van der Waals surface area (Å²) in [5.74, 6) is 1.33. The van der Waals surface area contributed by atoms with Crippen molar-refractivity contribution in [2.24, 2.45) is 17.3 Å². The van der Waals surface area contributed by atoms with Gasteiger partial charge in [-0.25, -0.2) is 4.98 Å². The van der Waals surface area contributed by atoms with Crippen LogP contribution in [-0.4, -0.2) is 62.7 Å². The highest BCUT2D eigenvalue weighted by Gasteiger charge is 2.29. The fraction of sp³-hybridized carbons (Fsp3) is 0.607. The maximum atomic E-state index is 13.5. The smallest absolute Gasteiger partial charge is 0.270 e. The molecule has 1 unspecified atom stereocenters. The van der Waals surface area contributed by atoms with Crippen LogP contribution in [0.3, 0.4) is 0 Å². The van der Waals surface area contributed by atoms with Crippen LogP contribution in [0.15, 0.2) is 24.3 Å². The summed E-state index contributed by atoms with van der Waals surface area (Å²) >= 11 is 0. The van der Waals surface area contributed by atoms with E-state index in [1.165, 1.54) is 0 Å². The normalized spacial score (nSPS) is 17.1. The fourth-order valence-electron chi connectivity index (χ4n) is 4.38. The Balaban J connectivity index is 1.94. The summed E-state index contributed by atoms with van der Waals surface area (Å²) in [5.41, 5.74) is 0.222. The third-order valence-electron chi connectivity index (χ3n) is 6.60. The summed E-state index contributed by atoms with van der Waals surface area (Å²) in [6.45, 7) is 12.4. The number of piperidine rings is 1. The molecule has 1 saturated heterocycles. The Hall–Kier alpha value is -2.71. The van der Waals surface area contributed by atoms with Crippen molar-refractivity contribution in [3.05, 3.63) is 30.0 Å². The predicted octanol–water partition coefficient (Wildman–Crippen LogP) is 4.01. The number of nitrogens with one attached hydrogen (secondary N) is 2. The second-order valence-corrected chi connectivity index (χ2v) is 10.8. The summed E-state index contributed by atoms with van der Waals surface area (Å²) in [4.78, 5) is 30.6. The molecule has 0 radical (unpaired) electrons. The molecule has 1 aromatic heterocycles. The lowest BCUT2D eigenvalue weighted by atomic mass is 9.85. The highest BCUT2D eigenvalue weighted by molar-refractivity contribution is 5.98. The molecule has 198 valence electrons. The minimum atomic E-state index is -0.517. The molecule has 0 saturated carbocycles. The van der Waals surface area contributed by atoms with Crippen molar-refractivity contribution in [1.82, 2.24) is 15.6 Å². The molecule has 36 heavy (non-hydrogen) atoms. The Morgan fingerprint density at radius 2 is 1.94 bits per heavy atom. The van der Waals surface area contributed by atoms with Gasteiger partial charge in [0.15, 0.2) is 5.78 Å². The molecule has 3 rings (SSSR count). The highest BCUT2D eigenvalue weighted by atomic mass is 16.5. The molecule has 2 aromatic rings. The number of Topliss-reactive ketones (excluding diaryl/α,β-unsaturated/α-hetero) is 1. The van der Waals surface area contributed by atoms with Gasteiger partial charge in [-0.15, -0.1) is 0 Å². The number of para-hydroxylation sites is 1. The third-order valence-corrected chi connectivity index (χ3v) is 6.60. The third kappa shape index (κ3) is 7.17. The maximum absolute atomic E-state index is 13.5. The second-order valence-electron chi connectivity index (χ2n) is 10.8. The first-order valence-electron chi connectivity index (χ1n) is 12.8. The van der Waals surface area contributed by atoms with Gasteiger partial charge in [0.25, 0.3) is 5.91 Å². The zero-order valence-corrected chi connectivity index (χ0v) is 22.5. The van der Waals surface area contributed by atoms with Crippen molar-refractivity contribution in [3.8, 4) is 11.5 Å². The Morgan fingerprint density at radius 1 is 1.17 bits per heavy atom. The molecule has 8 heteroatoms. The van der Waals surface area contributed by atoms with E-state index >= 15 is 0 Å². The lowest BCUT2D eigenvalue weighted by Crippen LogP contribution is -2.49. The fourth-order valence-corrected chi connectivity index (χ4v) is 4.38. The van der Waals surface area contributed by atoms with Gasteiger partial charge in [-0.2, -0.15) is 0 Å². The number of ether oxygens (including phenoxy) is 3. The second kappa shape index (κ2) is 12.5. The van der Waals surface area contributed by atoms with E-state index in [0.29, 0.717) is 41.5 Å². The van der Waals surface area contributed by atoms with Crippen molar-refractivity contribution >= 4 is 22.6 Å². The molecular formula is C28H41N3O5. The minimum Gasteiger partial charge on any atom is -0.490 e. The lowest BCUT2D eigenvalue weighted by molar-refractivity contribution is -0.128. The standard InChI is InChI=1S/C28H41N3O5/c1-18(2)25(19-9-8-12-29-16-19)31-27(33)21-15-23(35-14-13-34-6)20-10-7-11-22(26(20)30-21)36-17-24(32)28(3,4)5/h7,10-11,15,18-19,25,29H,8-9,12-14,16-17H2,1-6H3,(H,31,33)/t19?,25-/m1/s1. The molecule has 0 bridgehead atoms. The number of fused-ring (bicyclic) bond motifs is 1. The van der Waals surface area contributed by atoms with Crippen LogP contribution >= 0.6 is 0 Å². The quantitative estimate of drug-likeness (QED) is 0.451. The molecule has 0 spiro atoms. The average molecular weight is 500 g/mol. The van der Waals surface area contributed by atoms with Gasteiger partial charge in [0.05, 0.1) is 6.61 Å². The Morgan fingerprint density at radius 3 is 2.58 bits per heavy atom. The molecule has 1 fully saturated rings. The van der Waals surface area contributed by atoms with Crippen LogP contribution in [-0.2, 0) is 9.53 Å². The van der Waals surface area contributed by atoms with Crippen molar-refractivity contribution in [3.63, 3.8) is 0 Å². The molecule has 1 aromatic carbocycles. The van der Waals surface area contributed by atoms with Crippen LogP contribution in [0.4, 0.5) is 0 Å². The molecule has 0 aliphatic carbocycles. The first kappa shape index (κ1) is 27.9. The van der Waals surface area contributed by atoms with E-state index in [9.17, 15) is 9.59 Å². The summed E-state index contributed by atoms with van der Waals surface area (Å²) in [6, 6.07) is 7.16. The number of methoxy groups -OCH3 is 1. The number of hydrogen-bond donors (Lipinski definition) is 2. The van der Waals surface area contributed by atoms with Gasteiger partial charge in [0, 0.05) is 30.0 Å². The van der Waals surface area contributed by atoms with Gasteiger partial charge in [-0.05, 0) is 49.9 Å². The van der Waals surface area contributed by atoms with Gasteiger partial charge in [0.1, 0.15) is 35.9 Å². The number of amides is 1. The highest BCUT2D eigenvalue weighted by Crippen LogP contribution is 2.32. The average Bonchev–Trinajstić information content (AvgIpc) is 2.85. The molecule has 2 N–H and O–H groups in total. The number of nitrogens with zero attached hydrogens (tertiary/aromatic N) is 1. The van der Waals surface area contributed by atoms with Crippen LogP contribution in [0.5, 0.6) is 11.5 Å². The van der Waals surface area contributed by atoms with E-state index < -0.39 is 5.41 Å². The zero-order valence-electron chi connectivity index (χ0n) is 22.5. The van der Waals surface area contributed by atoms with E-state index in [1.54, 1.807) is 19.2 Å². The Labute approximate surface area is 214 Å². The van der Waals surface area contributed by atoms with E-state index in [0.717, 1.165) is 25.9 Å². The van der Waals surface area contributed by atoms with E-state index in [1.807, 2.05) is 32.9 Å². The molecular weight excluding hydrogens is 458 g/mol. The number of hydrogen-bond acceptors (Lipinski definition) is 7. The van der Waals surface area contributed by atoms with E-state index in [4.69, 9.17) is 14.2 Å². The van der Waals surface area contributed by atoms with Gasteiger partial charge in [0.2, 0.25) is 0 Å². The van der Waals surface area contributed by atoms with Gasteiger partial charge >= 0.3 is 0 Å². The lowest BCUT2D eigenvalue weighted by Gasteiger charge is -2.34. The van der Waals surface area contributed by atoms with Crippen molar-refractivity contribution < 1.29 is 23.8 Å². The van der Waals surface area contributed by atoms with Crippen LogP contribution in [0, 0.1) is 17.3 Å². The molecule has 1 aliphatic heterocycles. The molecule has 1 aliphatic rings. The summed E-state index contributed by atoms with van der Waals surface area (Å²) in [7, 11) is 1.61. The molecule has 1 amide bonds. The summed E-state index contributed by atoms with van der Waals surface area (Å²) in [5, 5.41) is 7.39. The number of ketones is 1. The number of benzene rings is 1. The van der Waals surface area contributed by atoms with Gasteiger partial charge < -0.3 is 24.8 Å². The first-order valence-corrected chi connectivity index (χ1v) is 12.8. The zero-order chi connectivity index (χ0) is 26.3. The van der Waals surface area contributed by atoms with Crippen LogP contribution in [0.1, 0.15) is 57.9 Å². The number of pyridine rings is 1. The summed E-state index contributed by atoms with van der Waals surface area (Å²) < 4.78 is 17.0. The first-order chi connectivity index (χ1) is 17.1. The Bertz CT molecular complexity index is 1040. The summed E-state index contributed by atoms with van der Waals surface area (Å²) in [6.07, 6.45) is 2.18. The van der Waals surface area contributed by atoms with Crippen molar-refractivity contribution in [2.45, 2.75) is 53.5 Å². The van der Waals surface area contributed by atoms with Crippen LogP contribution < -0.4 is 20.1 Å². The van der Waals surface area contributed by atoms with Crippen LogP contribution in [0.2, 0.25) is 0 Å². The topological polar surface area (TPSA) is 98.8 Å². The largest absolute Gasteiger partial charge is 0.490 e. The SMILES string of the molecule is COCCOc1cc(C(=O)N[C@H](C(C)C)C2CCCNC2)nc2c(OCC(=O)C(C)(C)C)cccc12. The number of carbonyl (C=O) groups is 2. The maximum Gasteiger partial charge on any atom is 0.270 e. The molecule has 2 heterocycles. The van der Waals surface area contributed by atoms with Crippen molar-refractivity contribution in [1.29, 1.82) is 0 Å². The molecule has 8 nitrogen and oxygen atoms in total. The number of rotatable bonds is 11. The van der Waals surface area contributed by atoms with E-state index in [-0.39, 0.29) is 36.0 Å². The van der Waals surface area contributed by atoms with Gasteiger partial charge in [-0.1, -0.05) is 40.7 Å². The Kier molecular flexibility index (Phi) is 9.68. The van der Waals surface area contributed by atoms with Gasteiger partial charge in [-0.3, -0.25) is 9.59 Å². The number of carbonyl (C=O) groups excluding carboxylic acids is 2. The van der Waals surface area contributed by atoms with Crippen molar-refractivity contribution in [2.75, 3.05) is 40.0 Å². The van der Waals surface area contributed by atoms with E-state index in [2.05, 4.69) is 29.5 Å². The number of aromatic nitrogens is 1. The minimum absolute atomic E-state index is 0.0224.